The highest BCUT2D eigenvalue weighted by Gasteiger charge is 2.29. The summed E-state index contributed by atoms with van der Waals surface area (Å²) in [6.45, 7) is 1.21. The van der Waals surface area contributed by atoms with Crippen LogP contribution in [0, 0.1) is 17.2 Å². The van der Waals surface area contributed by atoms with E-state index < -0.39 is 16.2 Å². The monoisotopic (exact) mass is 382 g/mol. The van der Waals surface area contributed by atoms with Crippen LogP contribution in [0.4, 0.5) is 0 Å². The normalized spacial score (nSPS) is 16.3. The summed E-state index contributed by atoms with van der Waals surface area (Å²) in [6, 6.07) is 3.30. The molecule has 142 valence electrons. The number of pyridine rings is 1. The zero-order valence-electron chi connectivity index (χ0n) is 15.0. The fourth-order valence-corrected chi connectivity index (χ4v) is 3.74. The first-order valence-electron chi connectivity index (χ1n) is 8.08. The van der Waals surface area contributed by atoms with Gasteiger partial charge in [-0.15, -0.1) is 0 Å². The van der Waals surface area contributed by atoms with Gasteiger partial charge in [-0.05, 0) is 24.8 Å². The van der Waals surface area contributed by atoms with Gasteiger partial charge in [0.05, 0.1) is 25.5 Å². The molecular formula is C16H22N4O5S. The lowest BCUT2D eigenvalue weighted by molar-refractivity contribution is 0.0594. The van der Waals surface area contributed by atoms with Crippen LogP contribution in [-0.4, -0.2) is 68.9 Å². The molecule has 0 amide bonds. The number of nitrogens with zero attached hydrogens (tertiary/aromatic N) is 4. The van der Waals surface area contributed by atoms with Gasteiger partial charge in [-0.2, -0.15) is 22.3 Å². The summed E-state index contributed by atoms with van der Waals surface area (Å²) in [5.74, 6) is -0.151. The van der Waals surface area contributed by atoms with Gasteiger partial charge in [0.2, 0.25) is 0 Å². The molecule has 0 aromatic carbocycles. The van der Waals surface area contributed by atoms with Crippen LogP contribution in [0.1, 0.15) is 28.9 Å². The topological polar surface area (TPSA) is 113 Å². The highest BCUT2D eigenvalue weighted by atomic mass is 32.2. The summed E-state index contributed by atoms with van der Waals surface area (Å²) in [4.78, 5) is 15.4. The SMILES string of the molecule is COC(=O)c1cc(C#N)c(OCC2CCN(S(=O)(=O)N(C)C)CC2)cn1. The molecule has 9 nitrogen and oxygen atoms in total. The maximum absolute atomic E-state index is 12.1. The minimum atomic E-state index is -3.39. The van der Waals surface area contributed by atoms with Gasteiger partial charge in [0.25, 0.3) is 10.2 Å². The molecule has 1 saturated heterocycles. The van der Waals surface area contributed by atoms with Crippen LogP contribution in [0.5, 0.6) is 5.75 Å². The summed E-state index contributed by atoms with van der Waals surface area (Å²) in [5, 5.41) is 9.22. The maximum atomic E-state index is 12.1. The van der Waals surface area contributed by atoms with E-state index in [1.54, 1.807) is 0 Å². The summed E-state index contributed by atoms with van der Waals surface area (Å²) in [7, 11) is 0.877. The highest BCUT2D eigenvalue weighted by Crippen LogP contribution is 2.23. The number of carbonyl (C=O) groups excluding carboxylic acids is 1. The molecule has 0 unspecified atom stereocenters. The van der Waals surface area contributed by atoms with Crippen molar-refractivity contribution in [3.8, 4) is 11.8 Å². The summed E-state index contributed by atoms with van der Waals surface area (Å²) in [5.41, 5.74) is 0.242. The van der Waals surface area contributed by atoms with Crippen molar-refractivity contribution in [3.05, 3.63) is 23.5 Å². The third kappa shape index (κ3) is 4.49. The number of carbonyl (C=O) groups is 1. The predicted molar refractivity (Wildman–Crippen MR) is 92.7 cm³/mol. The fourth-order valence-electron chi connectivity index (χ4n) is 2.61. The number of ether oxygens (including phenoxy) is 2. The van der Waals surface area contributed by atoms with Crippen LogP contribution < -0.4 is 4.74 Å². The first-order valence-corrected chi connectivity index (χ1v) is 9.48. The van der Waals surface area contributed by atoms with E-state index in [2.05, 4.69) is 9.72 Å². The van der Waals surface area contributed by atoms with E-state index in [9.17, 15) is 18.5 Å². The lowest BCUT2D eigenvalue weighted by Crippen LogP contribution is -2.45. The van der Waals surface area contributed by atoms with Crippen molar-refractivity contribution in [1.82, 2.24) is 13.6 Å². The molecule has 1 aliphatic rings. The Labute approximate surface area is 153 Å². The van der Waals surface area contributed by atoms with Crippen molar-refractivity contribution in [3.63, 3.8) is 0 Å². The fraction of sp³-hybridized carbons (Fsp3) is 0.562. The summed E-state index contributed by atoms with van der Waals surface area (Å²) in [6.07, 6.45) is 2.67. The van der Waals surface area contributed by atoms with Crippen LogP contribution >= 0.6 is 0 Å². The summed E-state index contributed by atoms with van der Waals surface area (Å²) < 4.78 is 37.1. The van der Waals surface area contributed by atoms with Gasteiger partial charge in [0.15, 0.2) is 5.75 Å². The van der Waals surface area contributed by atoms with Gasteiger partial charge in [-0.1, -0.05) is 0 Å². The average molecular weight is 382 g/mol. The number of piperidine rings is 1. The van der Waals surface area contributed by atoms with Crippen molar-refractivity contribution < 1.29 is 22.7 Å². The van der Waals surface area contributed by atoms with Crippen molar-refractivity contribution in [2.24, 2.45) is 5.92 Å². The van der Waals surface area contributed by atoms with E-state index in [0.29, 0.717) is 38.3 Å². The summed E-state index contributed by atoms with van der Waals surface area (Å²) >= 11 is 0. The van der Waals surface area contributed by atoms with Crippen molar-refractivity contribution in [1.29, 1.82) is 5.26 Å². The van der Waals surface area contributed by atoms with Crippen LogP contribution in [0.15, 0.2) is 12.3 Å². The number of aromatic nitrogens is 1. The Morgan fingerprint density at radius 3 is 2.62 bits per heavy atom. The molecule has 0 atom stereocenters. The van der Waals surface area contributed by atoms with Gasteiger partial charge < -0.3 is 9.47 Å². The molecule has 0 bridgehead atoms. The molecule has 1 aliphatic heterocycles. The van der Waals surface area contributed by atoms with E-state index in [1.807, 2.05) is 6.07 Å². The van der Waals surface area contributed by atoms with Crippen molar-refractivity contribution in [2.45, 2.75) is 12.8 Å². The first kappa shape index (κ1) is 20.1. The first-order chi connectivity index (χ1) is 12.3. The highest BCUT2D eigenvalue weighted by molar-refractivity contribution is 7.86. The molecule has 0 saturated carbocycles. The zero-order valence-corrected chi connectivity index (χ0v) is 15.8. The van der Waals surface area contributed by atoms with Gasteiger partial charge in [-0.25, -0.2) is 9.78 Å². The number of methoxy groups -OCH3 is 1. The minimum Gasteiger partial charge on any atom is -0.490 e. The second-order valence-corrected chi connectivity index (χ2v) is 8.26. The molecule has 1 fully saturated rings. The van der Waals surface area contributed by atoms with Crippen LogP contribution in [0.25, 0.3) is 0 Å². The Kier molecular flexibility index (Phi) is 6.52. The molecule has 2 heterocycles. The lowest BCUT2D eigenvalue weighted by Gasteiger charge is -2.32. The van der Waals surface area contributed by atoms with Gasteiger partial charge >= 0.3 is 5.97 Å². The molecular weight excluding hydrogens is 360 g/mol. The lowest BCUT2D eigenvalue weighted by atomic mass is 9.99. The van der Waals surface area contributed by atoms with E-state index >= 15 is 0 Å². The Morgan fingerprint density at radius 1 is 1.42 bits per heavy atom. The number of esters is 1. The third-order valence-corrected chi connectivity index (χ3v) is 6.16. The van der Waals surface area contributed by atoms with Gasteiger partial charge in [-0.3, -0.25) is 0 Å². The van der Waals surface area contributed by atoms with Crippen molar-refractivity contribution in [2.75, 3.05) is 40.9 Å². The Bertz CT molecular complexity index is 795. The molecule has 26 heavy (non-hydrogen) atoms. The van der Waals surface area contributed by atoms with E-state index in [4.69, 9.17) is 4.74 Å². The van der Waals surface area contributed by atoms with E-state index in [1.165, 1.54) is 42.1 Å². The largest absolute Gasteiger partial charge is 0.490 e. The van der Waals surface area contributed by atoms with E-state index in [-0.39, 0.29) is 17.2 Å². The third-order valence-electron chi connectivity index (χ3n) is 4.22. The number of hydrogen-bond acceptors (Lipinski definition) is 7. The zero-order chi connectivity index (χ0) is 19.3. The minimum absolute atomic E-state index is 0.0404. The Hall–Kier alpha value is -2.22. The molecule has 10 heteroatoms. The standard InChI is InChI=1S/C16H22N4O5S/c1-19(2)26(22,23)20-6-4-12(5-7-20)11-25-15-10-18-14(16(21)24-3)8-13(15)9-17/h8,10,12H,4-7,11H2,1-3H3. The number of rotatable bonds is 6. The molecule has 0 aliphatic carbocycles. The number of hydrogen-bond donors (Lipinski definition) is 0. The van der Waals surface area contributed by atoms with E-state index in [0.717, 1.165) is 0 Å². The number of nitriles is 1. The van der Waals surface area contributed by atoms with Gasteiger partial charge in [0, 0.05) is 27.2 Å². The average Bonchev–Trinajstić information content (AvgIpc) is 2.65. The Morgan fingerprint density at radius 2 is 2.08 bits per heavy atom. The quantitative estimate of drug-likeness (QED) is 0.663. The molecule has 0 radical (unpaired) electrons. The van der Waals surface area contributed by atoms with Crippen LogP contribution in [0.2, 0.25) is 0 Å². The second-order valence-electron chi connectivity index (χ2n) is 6.11. The Balaban J connectivity index is 1.95. The molecule has 1 aromatic rings. The van der Waals surface area contributed by atoms with Gasteiger partial charge in [0.1, 0.15) is 11.8 Å². The molecule has 2 rings (SSSR count). The van der Waals surface area contributed by atoms with Crippen molar-refractivity contribution >= 4 is 16.2 Å². The molecule has 0 N–H and O–H groups in total. The second kappa shape index (κ2) is 8.44. The van der Waals surface area contributed by atoms with Crippen LogP contribution in [0.3, 0.4) is 0 Å². The van der Waals surface area contributed by atoms with Crippen LogP contribution in [-0.2, 0) is 14.9 Å². The smallest absolute Gasteiger partial charge is 0.356 e. The molecule has 1 aromatic heterocycles. The predicted octanol–water partition coefficient (Wildman–Crippen LogP) is 0.637. The molecule has 0 spiro atoms. The maximum Gasteiger partial charge on any atom is 0.356 e.